The van der Waals surface area contributed by atoms with Crippen LogP contribution in [0.1, 0.15) is 33.1 Å². The Kier molecular flexibility index (Phi) is 3.30. The summed E-state index contributed by atoms with van der Waals surface area (Å²) in [7, 11) is 0. The quantitative estimate of drug-likeness (QED) is 0.661. The molecule has 0 spiro atoms. The number of rotatable bonds is 1. The Labute approximate surface area is 84.6 Å². The molecule has 0 aromatic heterocycles. The van der Waals surface area contributed by atoms with Crippen LogP contribution in [0.3, 0.4) is 0 Å². The molecule has 0 bridgehead atoms. The van der Waals surface area contributed by atoms with Gasteiger partial charge in [-0.25, -0.2) is 0 Å². The molecule has 2 atom stereocenters. The summed E-state index contributed by atoms with van der Waals surface area (Å²) in [6.07, 6.45) is 3.24. The SMILES string of the molecule is CC(C)(N)C1C(Cl)CCCC1Cl. The molecule has 2 unspecified atom stereocenters. The molecule has 0 aromatic rings. The normalized spacial score (nSPS) is 38.2. The second-order valence-electron chi connectivity index (χ2n) is 4.31. The Hall–Kier alpha value is 0.540. The summed E-state index contributed by atoms with van der Waals surface area (Å²) in [6.45, 7) is 4.02. The molecule has 0 aliphatic heterocycles. The standard InChI is InChI=1S/C9H17Cl2N/c1-9(2,12)8-6(10)4-3-5-7(8)11/h6-8H,3-5,12H2,1-2H3. The third-order valence-electron chi connectivity index (χ3n) is 2.60. The van der Waals surface area contributed by atoms with Crippen molar-refractivity contribution in [2.75, 3.05) is 0 Å². The molecule has 1 rings (SSSR count). The summed E-state index contributed by atoms with van der Waals surface area (Å²) in [4.78, 5) is 0. The summed E-state index contributed by atoms with van der Waals surface area (Å²) in [5.74, 6) is 0.245. The van der Waals surface area contributed by atoms with Gasteiger partial charge in [0.05, 0.1) is 0 Å². The molecule has 0 saturated heterocycles. The summed E-state index contributed by atoms with van der Waals surface area (Å²) >= 11 is 12.4. The van der Waals surface area contributed by atoms with Gasteiger partial charge in [0, 0.05) is 22.2 Å². The molecule has 1 aliphatic carbocycles. The molecule has 1 aliphatic rings. The van der Waals surface area contributed by atoms with Crippen molar-refractivity contribution in [3.63, 3.8) is 0 Å². The molecule has 1 nitrogen and oxygen atoms in total. The van der Waals surface area contributed by atoms with Crippen LogP contribution >= 0.6 is 23.2 Å². The minimum absolute atomic E-state index is 0.154. The molecule has 2 N–H and O–H groups in total. The smallest absolute Gasteiger partial charge is 0.0395 e. The predicted molar refractivity (Wildman–Crippen MR) is 54.9 cm³/mol. The first kappa shape index (κ1) is 10.6. The molecule has 3 heteroatoms. The van der Waals surface area contributed by atoms with Gasteiger partial charge in [0.1, 0.15) is 0 Å². The fourth-order valence-corrected chi connectivity index (χ4v) is 3.41. The number of hydrogen-bond donors (Lipinski definition) is 1. The van der Waals surface area contributed by atoms with Crippen molar-refractivity contribution < 1.29 is 0 Å². The monoisotopic (exact) mass is 209 g/mol. The van der Waals surface area contributed by atoms with E-state index in [2.05, 4.69) is 0 Å². The first-order chi connectivity index (χ1) is 5.43. The van der Waals surface area contributed by atoms with Crippen molar-refractivity contribution in [2.45, 2.75) is 49.4 Å². The van der Waals surface area contributed by atoms with E-state index < -0.39 is 0 Å². The van der Waals surface area contributed by atoms with Gasteiger partial charge in [-0.1, -0.05) is 6.42 Å². The highest BCUT2D eigenvalue weighted by Gasteiger charge is 2.39. The van der Waals surface area contributed by atoms with Gasteiger partial charge in [-0.15, -0.1) is 23.2 Å². The molecular formula is C9H17Cl2N. The van der Waals surface area contributed by atoms with E-state index in [1.807, 2.05) is 13.8 Å². The van der Waals surface area contributed by atoms with Crippen molar-refractivity contribution in [1.82, 2.24) is 0 Å². The van der Waals surface area contributed by atoms with Gasteiger partial charge in [0.15, 0.2) is 0 Å². The van der Waals surface area contributed by atoms with Gasteiger partial charge in [0.2, 0.25) is 0 Å². The molecule has 0 amide bonds. The van der Waals surface area contributed by atoms with Crippen molar-refractivity contribution in [3.05, 3.63) is 0 Å². The van der Waals surface area contributed by atoms with Gasteiger partial charge in [0.25, 0.3) is 0 Å². The highest BCUT2D eigenvalue weighted by molar-refractivity contribution is 6.24. The highest BCUT2D eigenvalue weighted by atomic mass is 35.5. The molecule has 0 heterocycles. The van der Waals surface area contributed by atoms with Gasteiger partial charge < -0.3 is 5.73 Å². The van der Waals surface area contributed by atoms with Crippen molar-refractivity contribution in [3.8, 4) is 0 Å². The Balaban J connectivity index is 2.69. The Morgan fingerprint density at radius 2 is 1.58 bits per heavy atom. The maximum absolute atomic E-state index is 6.20. The van der Waals surface area contributed by atoms with Crippen LogP contribution in [0.4, 0.5) is 0 Å². The Bertz CT molecular complexity index is 143. The van der Waals surface area contributed by atoms with Crippen LogP contribution in [-0.4, -0.2) is 16.3 Å². The van der Waals surface area contributed by atoms with Crippen LogP contribution < -0.4 is 5.73 Å². The average molecular weight is 210 g/mol. The van der Waals surface area contributed by atoms with Gasteiger partial charge in [-0.2, -0.15) is 0 Å². The minimum atomic E-state index is -0.251. The van der Waals surface area contributed by atoms with Gasteiger partial charge >= 0.3 is 0 Å². The molecule has 0 aromatic carbocycles. The van der Waals surface area contributed by atoms with Crippen LogP contribution in [0, 0.1) is 5.92 Å². The van der Waals surface area contributed by atoms with E-state index in [4.69, 9.17) is 28.9 Å². The van der Waals surface area contributed by atoms with Crippen LogP contribution in [0.15, 0.2) is 0 Å². The molecule has 0 radical (unpaired) electrons. The van der Waals surface area contributed by atoms with Gasteiger partial charge in [-0.3, -0.25) is 0 Å². The number of nitrogens with two attached hydrogens (primary N) is 1. The van der Waals surface area contributed by atoms with E-state index in [1.165, 1.54) is 0 Å². The minimum Gasteiger partial charge on any atom is -0.325 e. The zero-order valence-electron chi connectivity index (χ0n) is 7.69. The summed E-state index contributed by atoms with van der Waals surface area (Å²) < 4.78 is 0. The van der Waals surface area contributed by atoms with Crippen molar-refractivity contribution in [1.29, 1.82) is 0 Å². The zero-order chi connectivity index (χ0) is 9.35. The van der Waals surface area contributed by atoms with Crippen molar-refractivity contribution in [2.24, 2.45) is 11.7 Å². The summed E-state index contributed by atoms with van der Waals surface area (Å²) in [5.41, 5.74) is 5.77. The zero-order valence-corrected chi connectivity index (χ0v) is 9.20. The van der Waals surface area contributed by atoms with Crippen LogP contribution in [0.25, 0.3) is 0 Å². The van der Waals surface area contributed by atoms with Crippen LogP contribution in [0.2, 0.25) is 0 Å². The number of halogens is 2. The molecule has 72 valence electrons. The molecular weight excluding hydrogens is 193 g/mol. The predicted octanol–water partition coefficient (Wildman–Crippen LogP) is 2.74. The van der Waals surface area contributed by atoms with E-state index in [0.29, 0.717) is 0 Å². The topological polar surface area (TPSA) is 26.0 Å². The fraction of sp³-hybridized carbons (Fsp3) is 1.00. The van der Waals surface area contributed by atoms with Gasteiger partial charge in [-0.05, 0) is 26.7 Å². The number of alkyl halides is 2. The van der Waals surface area contributed by atoms with Crippen molar-refractivity contribution >= 4 is 23.2 Å². The van der Waals surface area contributed by atoms with Crippen LogP contribution in [0.5, 0.6) is 0 Å². The Morgan fingerprint density at radius 1 is 1.17 bits per heavy atom. The van der Waals surface area contributed by atoms with E-state index in [-0.39, 0.29) is 22.2 Å². The number of hydrogen-bond acceptors (Lipinski definition) is 1. The maximum atomic E-state index is 6.20. The summed E-state index contributed by atoms with van der Waals surface area (Å²) in [5, 5.41) is 0.308. The Morgan fingerprint density at radius 3 is 1.83 bits per heavy atom. The maximum Gasteiger partial charge on any atom is 0.0395 e. The lowest BCUT2D eigenvalue weighted by molar-refractivity contribution is 0.251. The lowest BCUT2D eigenvalue weighted by Gasteiger charge is -2.40. The second-order valence-corrected chi connectivity index (χ2v) is 5.43. The molecule has 12 heavy (non-hydrogen) atoms. The summed E-state index contributed by atoms with van der Waals surface area (Å²) in [6, 6.07) is 0. The molecule has 1 saturated carbocycles. The first-order valence-corrected chi connectivity index (χ1v) is 5.37. The third-order valence-corrected chi connectivity index (χ3v) is 3.58. The average Bonchev–Trinajstić information content (AvgIpc) is 1.82. The highest BCUT2D eigenvalue weighted by Crippen LogP contribution is 2.37. The van der Waals surface area contributed by atoms with Crippen LogP contribution in [-0.2, 0) is 0 Å². The van der Waals surface area contributed by atoms with E-state index in [1.54, 1.807) is 0 Å². The van der Waals surface area contributed by atoms with E-state index in [0.717, 1.165) is 19.3 Å². The fourth-order valence-electron chi connectivity index (χ4n) is 2.03. The largest absolute Gasteiger partial charge is 0.325 e. The lowest BCUT2D eigenvalue weighted by atomic mass is 9.76. The lowest BCUT2D eigenvalue weighted by Crippen LogP contribution is -2.51. The van der Waals surface area contributed by atoms with E-state index in [9.17, 15) is 0 Å². The third kappa shape index (κ3) is 2.27. The second kappa shape index (κ2) is 3.73. The molecule has 1 fully saturated rings. The first-order valence-electron chi connectivity index (χ1n) is 4.50. The van der Waals surface area contributed by atoms with E-state index >= 15 is 0 Å².